The lowest BCUT2D eigenvalue weighted by atomic mass is 10.0. The Hall–Kier alpha value is -1.28. The molecule has 0 aliphatic rings. The van der Waals surface area contributed by atoms with Crippen molar-refractivity contribution in [2.45, 2.75) is 373 Å². The number of likely N-dealkylation sites (N-methyl/N-ethyl adjacent to an activating group) is 1. The largest absolute Gasteiger partial charge is 0.756 e. The van der Waals surface area contributed by atoms with Crippen LogP contribution in [0, 0.1) is 0 Å². The van der Waals surface area contributed by atoms with E-state index in [1.54, 1.807) is 6.08 Å². The molecule has 0 aliphatic carbocycles. The first-order chi connectivity index (χ1) is 39.0. The fourth-order valence-corrected chi connectivity index (χ4v) is 11.5. The maximum atomic E-state index is 13.0. The van der Waals surface area contributed by atoms with Crippen LogP contribution in [0.15, 0.2) is 36.5 Å². The summed E-state index contributed by atoms with van der Waals surface area (Å²) in [5, 5.41) is 13.9. The number of amides is 1. The summed E-state index contributed by atoms with van der Waals surface area (Å²) >= 11 is 0. The molecule has 0 bridgehead atoms. The van der Waals surface area contributed by atoms with Gasteiger partial charge in [0.1, 0.15) is 13.2 Å². The van der Waals surface area contributed by atoms with Crippen LogP contribution >= 0.6 is 7.82 Å². The Labute approximate surface area is 499 Å². The summed E-state index contributed by atoms with van der Waals surface area (Å²) in [4.78, 5) is 25.6. The summed E-state index contributed by atoms with van der Waals surface area (Å²) in [5.41, 5.74) is 0. The van der Waals surface area contributed by atoms with E-state index in [-0.39, 0.29) is 19.1 Å². The first-order valence-electron chi connectivity index (χ1n) is 35.4. The lowest BCUT2D eigenvalue weighted by Gasteiger charge is -2.29. The molecule has 3 atom stereocenters. The molecule has 0 aromatic rings. The SMILES string of the molecule is CCCCCCCCCCCCCCCCC/C=C/CC/C=C/C(O)C(COP(=O)([O-])OCC[N+](C)(C)C)NC(=O)CCCCCCCCCCCCCCCCCCC/C=C\CCCCCCCCCCCCCCCCCC. The third kappa shape index (κ3) is 64.3. The third-order valence-electron chi connectivity index (χ3n) is 16.3. The van der Waals surface area contributed by atoms with Crippen LogP contribution in [-0.4, -0.2) is 68.5 Å². The van der Waals surface area contributed by atoms with Crippen LogP contribution in [-0.2, 0) is 18.4 Å². The highest BCUT2D eigenvalue weighted by atomic mass is 31.2. The predicted octanol–water partition coefficient (Wildman–Crippen LogP) is 21.8. The minimum absolute atomic E-state index is 0.00471. The number of phosphoric acid groups is 1. The first kappa shape index (κ1) is 78.7. The number of quaternary nitrogens is 1. The highest BCUT2D eigenvalue weighted by molar-refractivity contribution is 7.45. The zero-order valence-electron chi connectivity index (χ0n) is 54.3. The maximum absolute atomic E-state index is 13.0. The van der Waals surface area contributed by atoms with Gasteiger partial charge in [-0.3, -0.25) is 9.36 Å². The van der Waals surface area contributed by atoms with Crippen LogP contribution in [0.4, 0.5) is 0 Å². The summed E-state index contributed by atoms with van der Waals surface area (Å²) in [7, 11) is 1.26. The van der Waals surface area contributed by atoms with Crippen molar-refractivity contribution in [2.75, 3.05) is 40.9 Å². The van der Waals surface area contributed by atoms with Crippen molar-refractivity contribution in [1.82, 2.24) is 5.32 Å². The smallest absolute Gasteiger partial charge is 0.268 e. The average Bonchev–Trinajstić information content (AvgIpc) is 3.42. The number of phosphoric ester groups is 1. The molecule has 0 heterocycles. The molecule has 0 saturated heterocycles. The molecule has 1 amide bonds. The fourth-order valence-electron chi connectivity index (χ4n) is 10.8. The number of rotatable bonds is 66. The van der Waals surface area contributed by atoms with E-state index in [1.807, 2.05) is 27.2 Å². The van der Waals surface area contributed by atoms with E-state index in [0.717, 1.165) is 38.5 Å². The predicted molar refractivity (Wildman–Crippen MR) is 348 cm³/mol. The van der Waals surface area contributed by atoms with Gasteiger partial charge in [0.25, 0.3) is 7.82 Å². The number of aliphatic hydroxyl groups is 1. The zero-order chi connectivity index (χ0) is 58.4. The maximum Gasteiger partial charge on any atom is 0.268 e. The van der Waals surface area contributed by atoms with Crippen molar-refractivity contribution in [2.24, 2.45) is 0 Å². The van der Waals surface area contributed by atoms with Gasteiger partial charge in [0.15, 0.2) is 0 Å². The van der Waals surface area contributed by atoms with Gasteiger partial charge >= 0.3 is 0 Å². The van der Waals surface area contributed by atoms with E-state index < -0.39 is 20.0 Å². The quantitative estimate of drug-likeness (QED) is 0.0272. The summed E-state index contributed by atoms with van der Waals surface area (Å²) in [5.74, 6) is -0.201. The van der Waals surface area contributed by atoms with Gasteiger partial charge < -0.3 is 28.8 Å². The van der Waals surface area contributed by atoms with Crippen molar-refractivity contribution in [3.8, 4) is 0 Å². The summed E-state index contributed by atoms with van der Waals surface area (Å²) in [6, 6.07) is -0.903. The fraction of sp³-hybridized carbons (Fsp3) is 0.901. The average molecular weight is 1150 g/mol. The summed E-state index contributed by atoms with van der Waals surface area (Å²) < 4.78 is 23.4. The minimum atomic E-state index is -4.61. The van der Waals surface area contributed by atoms with Gasteiger partial charge in [-0.15, -0.1) is 0 Å². The summed E-state index contributed by atoms with van der Waals surface area (Å²) in [6.45, 7) is 4.68. The Bertz CT molecular complexity index is 1400. The van der Waals surface area contributed by atoms with E-state index >= 15 is 0 Å². The van der Waals surface area contributed by atoms with E-state index in [9.17, 15) is 19.4 Å². The molecule has 0 fully saturated rings. The Morgan fingerprint density at radius 3 is 1.01 bits per heavy atom. The molecule has 9 heteroatoms. The molecule has 3 unspecified atom stereocenters. The minimum Gasteiger partial charge on any atom is -0.756 e. The van der Waals surface area contributed by atoms with Gasteiger partial charge in [-0.05, 0) is 57.8 Å². The van der Waals surface area contributed by atoms with Crippen LogP contribution in [0.1, 0.15) is 361 Å². The Balaban J connectivity index is 3.99. The van der Waals surface area contributed by atoms with Crippen molar-refractivity contribution in [3.63, 3.8) is 0 Å². The van der Waals surface area contributed by atoms with E-state index in [1.165, 1.54) is 302 Å². The highest BCUT2D eigenvalue weighted by Gasteiger charge is 2.23. The molecule has 80 heavy (non-hydrogen) atoms. The Morgan fingerprint density at radius 1 is 0.425 bits per heavy atom. The molecular formula is C71H139N2O6P. The number of nitrogens with zero attached hydrogens (tertiary/aromatic N) is 1. The van der Waals surface area contributed by atoms with Gasteiger partial charge in [-0.2, -0.15) is 0 Å². The number of hydrogen-bond acceptors (Lipinski definition) is 6. The van der Waals surface area contributed by atoms with Crippen LogP contribution in [0.5, 0.6) is 0 Å². The van der Waals surface area contributed by atoms with Crippen molar-refractivity contribution >= 4 is 13.7 Å². The molecule has 0 rings (SSSR count). The number of hydrogen-bond donors (Lipinski definition) is 2. The zero-order valence-corrected chi connectivity index (χ0v) is 55.2. The summed E-state index contributed by atoms with van der Waals surface area (Å²) in [6.07, 6.45) is 82.9. The third-order valence-corrected chi connectivity index (χ3v) is 17.3. The molecular weight excluding hydrogens is 1010 g/mol. The second-order valence-electron chi connectivity index (χ2n) is 25.6. The first-order valence-corrected chi connectivity index (χ1v) is 36.8. The molecule has 0 aromatic carbocycles. The molecule has 0 saturated carbocycles. The number of nitrogens with one attached hydrogen (secondary N) is 1. The lowest BCUT2D eigenvalue weighted by Crippen LogP contribution is -2.45. The van der Waals surface area contributed by atoms with Crippen LogP contribution in [0.3, 0.4) is 0 Å². The molecule has 474 valence electrons. The van der Waals surface area contributed by atoms with Gasteiger partial charge in [-0.1, -0.05) is 333 Å². The Morgan fingerprint density at radius 2 is 0.700 bits per heavy atom. The molecule has 0 spiro atoms. The van der Waals surface area contributed by atoms with E-state index in [4.69, 9.17) is 9.05 Å². The van der Waals surface area contributed by atoms with Crippen LogP contribution < -0.4 is 10.2 Å². The standard InChI is InChI=1S/C71H139N2O6P/c1-6-8-10-12-14-16-18-20-22-24-26-28-29-30-31-32-33-34-35-36-37-38-39-40-41-42-43-45-47-49-51-53-55-57-59-61-63-65-71(75)72-69(68-79-80(76,77)78-67-66-73(3,4)5)70(74)64-62-60-58-56-54-52-50-48-46-44-27-25-23-21-19-17-15-13-11-9-7-2/h34-35,54,56,62,64,69-70,74H,6-33,36-53,55,57-61,63,65-68H2,1-5H3,(H-,72,75,76,77)/b35-34-,56-54+,64-62+. The van der Waals surface area contributed by atoms with E-state index in [0.29, 0.717) is 17.4 Å². The van der Waals surface area contributed by atoms with Gasteiger partial charge in [-0.25, -0.2) is 0 Å². The normalized spacial score (nSPS) is 13.8. The molecule has 0 aromatic heterocycles. The van der Waals surface area contributed by atoms with Crippen molar-refractivity contribution in [1.29, 1.82) is 0 Å². The van der Waals surface area contributed by atoms with Crippen molar-refractivity contribution in [3.05, 3.63) is 36.5 Å². The monoisotopic (exact) mass is 1150 g/mol. The number of allylic oxidation sites excluding steroid dienone is 5. The Kier molecular flexibility index (Phi) is 61.3. The van der Waals surface area contributed by atoms with Crippen LogP contribution in [0.2, 0.25) is 0 Å². The second-order valence-corrected chi connectivity index (χ2v) is 27.0. The number of carbonyl (C=O) groups excluding carboxylic acids is 1. The highest BCUT2D eigenvalue weighted by Crippen LogP contribution is 2.38. The molecule has 0 aliphatic heterocycles. The number of aliphatic hydroxyl groups excluding tert-OH is 1. The number of unbranched alkanes of at least 4 members (excludes halogenated alkanes) is 49. The topological polar surface area (TPSA) is 108 Å². The molecule has 2 N–H and O–H groups in total. The van der Waals surface area contributed by atoms with Crippen LogP contribution in [0.25, 0.3) is 0 Å². The van der Waals surface area contributed by atoms with Crippen molar-refractivity contribution < 1.29 is 32.9 Å². The van der Waals surface area contributed by atoms with Gasteiger partial charge in [0.2, 0.25) is 5.91 Å². The van der Waals surface area contributed by atoms with Gasteiger partial charge in [0.05, 0.1) is 39.9 Å². The second kappa shape index (κ2) is 62.3. The number of carbonyl (C=O) groups is 1. The molecule has 0 radical (unpaired) electrons. The van der Waals surface area contributed by atoms with E-state index in [2.05, 4.69) is 43.5 Å². The molecule has 8 nitrogen and oxygen atoms in total. The van der Waals surface area contributed by atoms with Gasteiger partial charge in [0, 0.05) is 6.42 Å². The lowest BCUT2D eigenvalue weighted by molar-refractivity contribution is -0.870.